The second kappa shape index (κ2) is 9.59. The Hall–Kier alpha value is -1.66. The molecule has 1 aromatic carbocycles. The number of halogens is 1. The van der Waals surface area contributed by atoms with E-state index in [1.54, 1.807) is 0 Å². The van der Waals surface area contributed by atoms with Crippen LogP contribution < -0.4 is 15.4 Å². The Morgan fingerprint density at radius 1 is 1.38 bits per heavy atom. The van der Waals surface area contributed by atoms with E-state index in [-0.39, 0.29) is 24.9 Å². The van der Waals surface area contributed by atoms with Gasteiger partial charge in [-0.3, -0.25) is 4.79 Å². The molecule has 24 heavy (non-hydrogen) atoms. The minimum atomic E-state index is -0.798. The highest BCUT2D eigenvalue weighted by atomic mass is 19.1. The maximum absolute atomic E-state index is 12.8. The van der Waals surface area contributed by atoms with Gasteiger partial charge >= 0.3 is 0 Å². The van der Waals surface area contributed by atoms with Gasteiger partial charge in [-0.25, -0.2) is 4.39 Å². The zero-order chi connectivity index (χ0) is 17.4. The predicted molar refractivity (Wildman–Crippen MR) is 90.3 cm³/mol. The fraction of sp³-hybridized carbons (Fsp3) is 0.611. The van der Waals surface area contributed by atoms with E-state index >= 15 is 0 Å². The van der Waals surface area contributed by atoms with E-state index < -0.39 is 6.10 Å². The summed E-state index contributed by atoms with van der Waals surface area (Å²) in [4.78, 5) is 12.0. The van der Waals surface area contributed by atoms with Crippen LogP contribution in [0.15, 0.2) is 24.3 Å². The van der Waals surface area contributed by atoms with Crippen molar-refractivity contribution in [2.24, 2.45) is 11.8 Å². The summed E-state index contributed by atoms with van der Waals surface area (Å²) in [6.07, 6.45) is 1.91. The molecule has 0 spiro atoms. The molecule has 3 N–H and O–H groups in total. The van der Waals surface area contributed by atoms with E-state index in [0.717, 1.165) is 25.9 Å². The van der Waals surface area contributed by atoms with E-state index in [0.29, 0.717) is 24.0 Å². The SMILES string of the molecule is CC(CC(=O)NCC(O)COc1ccc(F)cc1)C1CCNCC1. The van der Waals surface area contributed by atoms with Gasteiger partial charge in [-0.15, -0.1) is 0 Å². The molecule has 2 atom stereocenters. The smallest absolute Gasteiger partial charge is 0.220 e. The van der Waals surface area contributed by atoms with Crippen LogP contribution in [0.25, 0.3) is 0 Å². The van der Waals surface area contributed by atoms with Crippen LogP contribution in [0.5, 0.6) is 5.75 Å². The van der Waals surface area contributed by atoms with Crippen molar-refractivity contribution in [3.8, 4) is 5.75 Å². The van der Waals surface area contributed by atoms with Crippen LogP contribution in [0.3, 0.4) is 0 Å². The van der Waals surface area contributed by atoms with E-state index in [1.165, 1.54) is 24.3 Å². The first-order chi connectivity index (χ1) is 11.5. The van der Waals surface area contributed by atoms with Gasteiger partial charge in [0.15, 0.2) is 0 Å². The predicted octanol–water partition coefficient (Wildman–Crippen LogP) is 1.71. The summed E-state index contributed by atoms with van der Waals surface area (Å²) in [7, 11) is 0. The van der Waals surface area contributed by atoms with Crippen LogP contribution in [0, 0.1) is 17.7 Å². The highest BCUT2D eigenvalue weighted by Crippen LogP contribution is 2.24. The van der Waals surface area contributed by atoms with Crippen molar-refractivity contribution in [1.29, 1.82) is 0 Å². The van der Waals surface area contributed by atoms with Gasteiger partial charge in [0.1, 0.15) is 24.3 Å². The summed E-state index contributed by atoms with van der Waals surface area (Å²) in [6.45, 7) is 4.37. The number of hydrogen-bond acceptors (Lipinski definition) is 4. The van der Waals surface area contributed by atoms with Crippen LogP contribution in [0.1, 0.15) is 26.2 Å². The minimum absolute atomic E-state index is 0.0399. The van der Waals surface area contributed by atoms with E-state index in [1.807, 2.05) is 0 Å². The van der Waals surface area contributed by atoms with E-state index in [4.69, 9.17) is 4.74 Å². The van der Waals surface area contributed by atoms with Crippen LogP contribution in [0.4, 0.5) is 4.39 Å². The number of carbonyl (C=O) groups excluding carboxylic acids is 1. The number of amides is 1. The zero-order valence-corrected chi connectivity index (χ0v) is 14.1. The first-order valence-corrected chi connectivity index (χ1v) is 8.58. The van der Waals surface area contributed by atoms with Crippen molar-refractivity contribution < 1.29 is 19.0 Å². The molecule has 1 aromatic rings. The monoisotopic (exact) mass is 338 g/mol. The number of rotatable bonds is 8. The van der Waals surface area contributed by atoms with E-state index in [9.17, 15) is 14.3 Å². The summed E-state index contributed by atoms with van der Waals surface area (Å²) < 4.78 is 18.1. The summed E-state index contributed by atoms with van der Waals surface area (Å²) in [5.74, 6) is 1.05. The quantitative estimate of drug-likeness (QED) is 0.675. The molecule has 134 valence electrons. The lowest BCUT2D eigenvalue weighted by atomic mass is 9.84. The van der Waals surface area contributed by atoms with Crippen LogP contribution in [-0.4, -0.2) is 43.4 Å². The summed E-state index contributed by atoms with van der Waals surface area (Å²) in [5, 5.41) is 16.0. The standard InChI is InChI=1S/C18H27FN2O3/c1-13(14-6-8-20-9-7-14)10-18(23)21-11-16(22)12-24-17-4-2-15(19)3-5-17/h2-5,13-14,16,20,22H,6-12H2,1H3,(H,21,23). The van der Waals surface area contributed by atoms with Crippen molar-refractivity contribution in [3.05, 3.63) is 30.1 Å². The molecule has 0 aromatic heterocycles. The number of benzene rings is 1. The molecule has 0 bridgehead atoms. The third-order valence-electron chi connectivity index (χ3n) is 4.49. The number of carbonyl (C=O) groups is 1. The van der Waals surface area contributed by atoms with Crippen molar-refractivity contribution in [3.63, 3.8) is 0 Å². The average Bonchev–Trinajstić information content (AvgIpc) is 2.60. The number of aliphatic hydroxyl groups is 1. The molecule has 1 aliphatic rings. The fourth-order valence-electron chi connectivity index (χ4n) is 2.96. The van der Waals surface area contributed by atoms with Crippen LogP contribution >= 0.6 is 0 Å². The van der Waals surface area contributed by atoms with Gasteiger partial charge < -0.3 is 20.5 Å². The van der Waals surface area contributed by atoms with Crippen molar-refractivity contribution >= 4 is 5.91 Å². The highest BCUT2D eigenvalue weighted by molar-refractivity contribution is 5.76. The molecule has 1 saturated heterocycles. The molecule has 1 aliphatic heterocycles. The van der Waals surface area contributed by atoms with Crippen LogP contribution in [-0.2, 0) is 4.79 Å². The Morgan fingerprint density at radius 3 is 2.71 bits per heavy atom. The van der Waals surface area contributed by atoms with Gasteiger partial charge in [0, 0.05) is 13.0 Å². The molecule has 0 radical (unpaired) electrons. The molecular formula is C18H27FN2O3. The van der Waals surface area contributed by atoms with Gasteiger partial charge in [0.05, 0.1) is 0 Å². The van der Waals surface area contributed by atoms with Gasteiger partial charge in [0.2, 0.25) is 5.91 Å². The maximum Gasteiger partial charge on any atom is 0.220 e. The molecule has 2 unspecified atom stereocenters. The summed E-state index contributed by atoms with van der Waals surface area (Å²) in [6, 6.07) is 5.60. The number of piperidine rings is 1. The molecule has 6 heteroatoms. The highest BCUT2D eigenvalue weighted by Gasteiger charge is 2.22. The fourth-order valence-corrected chi connectivity index (χ4v) is 2.96. The lowest BCUT2D eigenvalue weighted by Crippen LogP contribution is -2.37. The van der Waals surface area contributed by atoms with E-state index in [2.05, 4.69) is 17.6 Å². The number of hydrogen-bond donors (Lipinski definition) is 3. The first-order valence-electron chi connectivity index (χ1n) is 8.58. The Labute approximate surface area is 142 Å². The lowest BCUT2D eigenvalue weighted by molar-refractivity contribution is -0.122. The second-order valence-electron chi connectivity index (χ2n) is 6.49. The Bertz CT molecular complexity index is 503. The van der Waals surface area contributed by atoms with Crippen molar-refractivity contribution in [2.45, 2.75) is 32.3 Å². The van der Waals surface area contributed by atoms with Gasteiger partial charge in [-0.2, -0.15) is 0 Å². The van der Waals surface area contributed by atoms with Gasteiger partial charge in [-0.05, 0) is 62.0 Å². The summed E-state index contributed by atoms with van der Waals surface area (Å²) in [5.41, 5.74) is 0. The molecular weight excluding hydrogens is 311 g/mol. The molecule has 0 aliphatic carbocycles. The maximum atomic E-state index is 12.8. The largest absolute Gasteiger partial charge is 0.491 e. The number of ether oxygens (including phenoxy) is 1. The van der Waals surface area contributed by atoms with Crippen molar-refractivity contribution in [1.82, 2.24) is 10.6 Å². The Balaban J connectivity index is 1.62. The Kier molecular flexibility index (Phi) is 7.46. The van der Waals surface area contributed by atoms with Gasteiger partial charge in [-0.1, -0.05) is 6.92 Å². The minimum Gasteiger partial charge on any atom is -0.491 e. The third kappa shape index (κ3) is 6.45. The molecule has 1 heterocycles. The lowest BCUT2D eigenvalue weighted by Gasteiger charge is -2.28. The van der Waals surface area contributed by atoms with Crippen molar-refractivity contribution in [2.75, 3.05) is 26.2 Å². The van der Waals surface area contributed by atoms with Gasteiger partial charge in [0.25, 0.3) is 0 Å². The number of aliphatic hydroxyl groups excluding tert-OH is 1. The van der Waals surface area contributed by atoms with Crippen LogP contribution in [0.2, 0.25) is 0 Å². The first kappa shape index (κ1) is 18.7. The Morgan fingerprint density at radius 2 is 2.04 bits per heavy atom. The second-order valence-corrected chi connectivity index (χ2v) is 6.49. The topological polar surface area (TPSA) is 70.6 Å². The molecule has 1 amide bonds. The third-order valence-corrected chi connectivity index (χ3v) is 4.49. The average molecular weight is 338 g/mol. The molecule has 5 nitrogen and oxygen atoms in total. The molecule has 0 saturated carbocycles. The zero-order valence-electron chi connectivity index (χ0n) is 14.1. The normalized spacial score (nSPS) is 18.0. The molecule has 1 fully saturated rings. The summed E-state index contributed by atoms with van der Waals surface area (Å²) >= 11 is 0. The molecule has 2 rings (SSSR count). The number of nitrogens with one attached hydrogen (secondary N) is 2.